The molecular weight excluding hydrogens is 458 g/mol. The van der Waals surface area contributed by atoms with Crippen LogP contribution in [0.25, 0.3) is 0 Å². The standard InChI is InChI=1S/C28H31N3O5/c29-23-17-20(10-14-26(23)32)27(33)31-25(28(34)35)16-18-7-12-22(13-8-18)36-15-3-5-21-11-9-19-4-1-2-6-24(19)30-21/h7-14,17,25,32H,1-6,15-16,29H2,(H,31,33)(H,34,35)/t25-/m0/s1. The third kappa shape index (κ3) is 6.53. The second kappa shape index (κ2) is 11.6. The van der Waals surface area contributed by atoms with Gasteiger partial charge in [0.25, 0.3) is 5.91 Å². The van der Waals surface area contributed by atoms with Crippen LogP contribution in [-0.2, 0) is 30.5 Å². The lowest BCUT2D eigenvalue weighted by Crippen LogP contribution is -2.42. The minimum Gasteiger partial charge on any atom is -0.506 e. The molecule has 5 N–H and O–H groups in total. The number of nitrogens with one attached hydrogen (secondary N) is 1. The number of carboxylic acids is 1. The number of hydrogen-bond acceptors (Lipinski definition) is 6. The fourth-order valence-corrected chi connectivity index (χ4v) is 4.30. The van der Waals surface area contributed by atoms with Gasteiger partial charge in [0.1, 0.15) is 17.5 Å². The number of anilines is 1. The second-order valence-corrected chi connectivity index (χ2v) is 9.05. The summed E-state index contributed by atoms with van der Waals surface area (Å²) in [6.45, 7) is 0.557. The largest absolute Gasteiger partial charge is 0.506 e. The predicted octanol–water partition coefficient (Wildman–Crippen LogP) is 3.69. The number of pyridine rings is 1. The number of aromatic nitrogens is 1. The molecule has 8 heteroatoms. The average Bonchev–Trinajstić information content (AvgIpc) is 2.88. The molecule has 2 aromatic carbocycles. The highest BCUT2D eigenvalue weighted by atomic mass is 16.5. The van der Waals surface area contributed by atoms with Crippen LogP contribution in [-0.4, -0.2) is 39.7 Å². The van der Waals surface area contributed by atoms with Crippen LogP contribution in [0.15, 0.2) is 54.6 Å². The number of amides is 1. The Morgan fingerprint density at radius 2 is 1.83 bits per heavy atom. The van der Waals surface area contributed by atoms with Gasteiger partial charge < -0.3 is 26.0 Å². The van der Waals surface area contributed by atoms with E-state index in [-0.39, 0.29) is 23.4 Å². The molecule has 36 heavy (non-hydrogen) atoms. The number of aryl methyl sites for hydroxylation is 3. The van der Waals surface area contributed by atoms with Gasteiger partial charge >= 0.3 is 5.97 Å². The maximum absolute atomic E-state index is 12.5. The van der Waals surface area contributed by atoms with E-state index in [0.717, 1.165) is 36.9 Å². The number of rotatable bonds is 10. The summed E-state index contributed by atoms with van der Waals surface area (Å²) in [5.41, 5.74) is 10.3. The summed E-state index contributed by atoms with van der Waals surface area (Å²) in [6, 6.07) is 14.4. The molecule has 1 heterocycles. The number of carbonyl (C=O) groups excluding carboxylic acids is 1. The summed E-state index contributed by atoms with van der Waals surface area (Å²) in [7, 11) is 0. The summed E-state index contributed by atoms with van der Waals surface area (Å²) < 4.78 is 5.84. The summed E-state index contributed by atoms with van der Waals surface area (Å²) in [5, 5.41) is 21.6. The number of phenolic OH excluding ortho intramolecular Hbond substituents is 1. The highest BCUT2D eigenvalue weighted by molar-refractivity contribution is 5.97. The second-order valence-electron chi connectivity index (χ2n) is 9.05. The van der Waals surface area contributed by atoms with Crippen molar-refractivity contribution in [2.45, 2.75) is 51.0 Å². The van der Waals surface area contributed by atoms with Gasteiger partial charge in [0.05, 0.1) is 12.3 Å². The van der Waals surface area contributed by atoms with Gasteiger partial charge in [0.15, 0.2) is 0 Å². The maximum atomic E-state index is 12.5. The van der Waals surface area contributed by atoms with Crippen molar-refractivity contribution in [2.75, 3.05) is 12.3 Å². The molecule has 0 fully saturated rings. The number of ether oxygens (including phenoxy) is 1. The Hall–Kier alpha value is -4.07. The molecule has 0 aliphatic heterocycles. The Kier molecular flexibility index (Phi) is 8.05. The zero-order valence-electron chi connectivity index (χ0n) is 20.1. The Balaban J connectivity index is 1.26. The molecule has 0 saturated heterocycles. The number of nitrogens with two attached hydrogens (primary N) is 1. The van der Waals surface area contributed by atoms with Gasteiger partial charge in [-0.3, -0.25) is 9.78 Å². The van der Waals surface area contributed by atoms with Crippen molar-refractivity contribution in [2.24, 2.45) is 0 Å². The Morgan fingerprint density at radius 1 is 1.06 bits per heavy atom. The molecule has 1 aromatic heterocycles. The Bertz CT molecular complexity index is 1230. The molecule has 1 amide bonds. The number of carboxylic acid groups (broad SMARTS) is 1. The fraction of sp³-hybridized carbons (Fsp3) is 0.321. The lowest BCUT2D eigenvalue weighted by atomic mass is 9.95. The van der Waals surface area contributed by atoms with Gasteiger partial charge in [-0.25, -0.2) is 4.79 Å². The van der Waals surface area contributed by atoms with E-state index in [9.17, 15) is 19.8 Å². The summed E-state index contributed by atoms with van der Waals surface area (Å²) in [5.74, 6) is -1.17. The quantitative estimate of drug-likeness (QED) is 0.194. The first-order chi connectivity index (χ1) is 17.4. The zero-order valence-corrected chi connectivity index (χ0v) is 20.1. The van der Waals surface area contributed by atoms with Crippen molar-refractivity contribution in [3.05, 3.63) is 82.7 Å². The first-order valence-corrected chi connectivity index (χ1v) is 12.2. The van der Waals surface area contributed by atoms with Crippen molar-refractivity contribution in [1.29, 1.82) is 0 Å². The number of aliphatic carboxylic acids is 1. The topological polar surface area (TPSA) is 135 Å². The van der Waals surface area contributed by atoms with E-state index in [1.165, 1.54) is 42.3 Å². The molecule has 0 unspecified atom stereocenters. The first-order valence-electron chi connectivity index (χ1n) is 12.2. The first kappa shape index (κ1) is 25.0. The summed E-state index contributed by atoms with van der Waals surface area (Å²) in [4.78, 5) is 29.0. The lowest BCUT2D eigenvalue weighted by Gasteiger charge is -2.16. The molecule has 0 saturated carbocycles. The van der Waals surface area contributed by atoms with E-state index in [0.29, 0.717) is 12.4 Å². The van der Waals surface area contributed by atoms with Gasteiger partial charge in [0.2, 0.25) is 0 Å². The number of aromatic hydroxyl groups is 1. The lowest BCUT2D eigenvalue weighted by molar-refractivity contribution is -0.139. The number of carbonyl (C=O) groups is 2. The number of hydrogen-bond donors (Lipinski definition) is 4. The van der Waals surface area contributed by atoms with Crippen molar-refractivity contribution < 1.29 is 24.5 Å². The van der Waals surface area contributed by atoms with Crippen LogP contribution >= 0.6 is 0 Å². The van der Waals surface area contributed by atoms with Gasteiger partial charge in [-0.1, -0.05) is 18.2 Å². The third-order valence-corrected chi connectivity index (χ3v) is 6.34. The van der Waals surface area contributed by atoms with E-state index in [1.807, 2.05) is 0 Å². The monoisotopic (exact) mass is 489 g/mol. The van der Waals surface area contributed by atoms with Crippen LogP contribution in [0.5, 0.6) is 11.5 Å². The Labute approximate surface area is 210 Å². The predicted molar refractivity (Wildman–Crippen MR) is 136 cm³/mol. The number of nitrogen functional groups attached to an aromatic ring is 1. The van der Waals surface area contributed by atoms with E-state index in [2.05, 4.69) is 17.4 Å². The highest BCUT2D eigenvalue weighted by Crippen LogP contribution is 2.21. The van der Waals surface area contributed by atoms with E-state index in [4.69, 9.17) is 15.5 Å². The number of phenols is 1. The summed E-state index contributed by atoms with van der Waals surface area (Å²) >= 11 is 0. The molecule has 8 nitrogen and oxygen atoms in total. The van der Waals surface area contributed by atoms with Gasteiger partial charge in [-0.05, 0) is 86.1 Å². The fourth-order valence-electron chi connectivity index (χ4n) is 4.30. The van der Waals surface area contributed by atoms with Gasteiger partial charge in [-0.15, -0.1) is 0 Å². The zero-order chi connectivity index (χ0) is 25.5. The maximum Gasteiger partial charge on any atom is 0.326 e. The summed E-state index contributed by atoms with van der Waals surface area (Å²) in [6.07, 6.45) is 6.50. The minimum absolute atomic E-state index is 0.0454. The Morgan fingerprint density at radius 3 is 2.58 bits per heavy atom. The molecule has 0 radical (unpaired) electrons. The number of fused-ring (bicyclic) bond motifs is 1. The SMILES string of the molecule is Nc1cc(C(=O)N[C@@H](Cc2ccc(OCCCc3ccc4c(n3)CCCC4)cc2)C(=O)O)ccc1O. The van der Waals surface area contributed by atoms with Crippen LogP contribution in [0.4, 0.5) is 5.69 Å². The molecule has 1 aliphatic carbocycles. The molecule has 1 aliphatic rings. The molecule has 4 rings (SSSR count). The highest BCUT2D eigenvalue weighted by Gasteiger charge is 2.21. The molecule has 188 valence electrons. The van der Waals surface area contributed by atoms with Crippen molar-refractivity contribution >= 4 is 17.6 Å². The molecule has 0 bridgehead atoms. The molecule has 1 atom stereocenters. The van der Waals surface area contributed by atoms with Crippen LogP contribution < -0.4 is 15.8 Å². The van der Waals surface area contributed by atoms with E-state index < -0.39 is 17.9 Å². The third-order valence-electron chi connectivity index (χ3n) is 6.34. The van der Waals surface area contributed by atoms with Crippen molar-refractivity contribution in [3.8, 4) is 11.5 Å². The van der Waals surface area contributed by atoms with Crippen LogP contribution in [0.3, 0.4) is 0 Å². The van der Waals surface area contributed by atoms with Crippen LogP contribution in [0.1, 0.15) is 52.1 Å². The van der Waals surface area contributed by atoms with Crippen LogP contribution in [0.2, 0.25) is 0 Å². The smallest absolute Gasteiger partial charge is 0.326 e. The normalized spacial score (nSPS) is 13.4. The van der Waals surface area contributed by atoms with Crippen molar-refractivity contribution in [3.63, 3.8) is 0 Å². The van der Waals surface area contributed by atoms with Crippen molar-refractivity contribution in [1.82, 2.24) is 10.3 Å². The molecule has 3 aromatic rings. The average molecular weight is 490 g/mol. The molecular formula is C28H31N3O5. The van der Waals surface area contributed by atoms with Gasteiger partial charge in [-0.2, -0.15) is 0 Å². The van der Waals surface area contributed by atoms with E-state index >= 15 is 0 Å². The van der Waals surface area contributed by atoms with Gasteiger partial charge in [0, 0.05) is 23.4 Å². The van der Waals surface area contributed by atoms with Crippen LogP contribution in [0, 0.1) is 0 Å². The molecule has 0 spiro atoms. The van der Waals surface area contributed by atoms with E-state index in [1.54, 1.807) is 24.3 Å². The number of nitrogens with zero attached hydrogens (tertiary/aromatic N) is 1. The number of benzene rings is 2. The minimum atomic E-state index is -1.15.